The number of nitrogens with zero attached hydrogens (tertiary/aromatic N) is 2. The van der Waals surface area contributed by atoms with Crippen LogP contribution in [0, 0.1) is 11.8 Å². The molecule has 0 saturated carbocycles. The molecular formula is C15H24N4O2. The number of anilines is 1. The number of hydrogen-bond donors (Lipinski definition) is 2. The van der Waals surface area contributed by atoms with E-state index in [-0.39, 0.29) is 23.7 Å². The van der Waals surface area contributed by atoms with Gasteiger partial charge >= 0.3 is 0 Å². The van der Waals surface area contributed by atoms with Gasteiger partial charge in [-0.3, -0.25) is 14.7 Å². The topological polar surface area (TPSA) is 78.1 Å². The van der Waals surface area contributed by atoms with Crippen LogP contribution in [0.2, 0.25) is 0 Å². The van der Waals surface area contributed by atoms with Crippen LogP contribution in [-0.4, -0.2) is 40.0 Å². The number of aryl methyl sites for hydroxylation is 1. The number of carbonyl (C=O) groups is 2. The summed E-state index contributed by atoms with van der Waals surface area (Å²) >= 11 is 0. The molecule has 0 atom stereocenters. The first kappa shape index (κ1) is 15.5. The third kappa shape index (κ3) is 3.83. The number of amides is 2. The first-order valence-corrected chi connectivity index (χ1v) is 7.65. The van der Waals surface area contributed by atoms with Crippen molar-refractivity contribution >= 4 is 17.6 Å². The summed E-state index contributed by atoms with van der Waals surface area (Å²) in [5.74, 6) is 0.738. The Hall–Kier alpha value is -1.85. The number of aromatic amines is 1. The zero-order valence-electron chi connectivity index (χ0n) is 13.0. The van der Waals surface area contributed by atoms with Crippen LogP contribution in [0.5, 0.6) is 0 Å². The van der Waals surface area contributed by atoms with Crippen LogP contribution >= 0.6 is 0 Å². The molecule has 21 heavy (non-hydrogen) atoms. The molecular weight excluding hydrogens is 268 g/mol. The van der Waals surface area contributed by atoms with Gasteiger partial charge in [0.25, 0.3) is 0 Å². The molecule has 0 unspecified atom stereocenters. The minimum absolute atomic E-state index is 0.000740. The number of aromatic nitrogens is 2. The van der Waals surface area contributed by atoms with Crippen molar-refractivity contribution in [3.05, 3.63) is 11.8 Å². The second-order valence-corrected chi connectivity index (χ2v) is 5.88. The average Bonchev–Trinajstić information content (AvgIpc) is 2.94. The smallest absolute Gasteiger partial charge is 0.228 e. The highest BCUT2D eigenvalue weighted by molar-refractivity contribution is 5.92. The molecule has 2 rings (SSSR count). The second-order valence-electron chi connectivity index (χ2n) is 5.88. The molecule has 1 aromatic heterocycles. The van der Waals surface area contributed by atoms with Crippen molar-refractivity contribution in [1.29, 1.82) is 0 Å². The van der Waals surface area contributed by atoms with Crippen LogP contribution in [0.15, 0.2) is 6.07 Å². The fourth-order valence-corrected chi connectivity index (χ4v) is 2.56. The summed E-state index contributed by atoms with van der Waals surface area (Å²) in [5, 5.41) is 9.80. The van der Waals surface area contributed by atoms with Crippen molar-refractivity contribution in [2.24, 2.45) is 11.8 Å². The number of rotatable bonds is 4. The lowest BCUT2D eigenvalue weighted by molar-refractivity contribution is -0.137. The molecule has 2 amide bonds. The molecule has 1 aliphatic heterocycles. The van der Waals surface area contributed by atoms with E-state index in [4.69, 9.17) is 0 Å². The second kappa shape index (κ2) is 6.74. The van der Waals surface area contributed by atoms with Gasteiger partial charge in [0, 0.05) is 36.7 Å². The van der Waals surface area contributed by atoms with Crippen molar-refractivity contribution in [3.63, 3.8) is 0 Å². The van der Waals surface area contributed by atoms with Crippen LogP contribution in [0.1, 0.15) is 39.3 Å². The molecule has 1 fully saturated rings. The third-order valence-electron chi connectivity index (χ3n) is 3.93. The average molecular weight is 292 g/mol. The molecule has 1 saturated heterocycles. The summed E-state index contributed by atoms with van der Waals surface area (Å²) in [6, 6.07) is 1.86. The molecule has 6 heteroatoms. The lowest BCUT2D eigenvalue weighted by Crippen LogP contribution is -2.43. The van der Waals surface area contributed by atoms with Gasteiger partial charge < -0.3 is 10.2 Å². The standard InChI is InChI=1S/C15H24N4O2/c1-4-12-9-13(18-17-12)16-14(20)11-5-7-19(8-6-11)15(21)10(2)3/h9-11H,4-8H2,1-3H3,(H2,16,17,18,20). The normalized spacial score (nSPS) is 16.3. The van der Waals surface area contributed by atoms with Crippen molar-refractivity contribution in [2.75, 3.05) is 18.4 Å². The van der Waals surface area contributed by atoms with Gasteiger partial charge in [-0.2, -0.15) is 5.10 Å². The predicted octanol–water partition coefficient (Wildman–Crippen LogP) is 1.81. The molecule has 1 aromatic rings. The fourth-order valence-electron chi connectivity index (χ4n) is 2.56. The van der Waals surface area contributed by atoms with Gasteiger partial charge in [0.1, 0.15) is 0 Å². The minimum Gasteiger partial charge on any atom is -0.342 e. The highest BCUT2D eigenvalue weighted by Crippen LogP contribution is 2.20. The zero-order chi connectivity index (χ0) is 15.4. The van der Waals surface area contributed by atoms with Crippen LogP contribution in [0.3, 0.4) is 0 Å². The van der Waals surface area contributed by atoms with Gasteiger partial charge in [0.15, 0.2) is 5.82 Å². The fraction of sp³-hybridized carbons (Fsp3) is 0.667. The Morgan fingerprint density at radius 2 is 2.10 bits per heavy atom. The van der Waals surface area contributed by atoms with Gasteiger partial charge in [-0.25, -0.2) is 0 Å². The van der Waals surface area contributed by atoms with Crippen LogP contribution in [-0.2, 0) is 16.0 Å². The van der Waals surface area contributed by atoms with Crippen molar-refractivity contribution in [1.82, 2.24) is 15.1 Å². The van der Waals surface area contributed by atoms with Crippen molar-refractivity contribution in [3.8, 4) is 0 Å². The van der Waals surface area contributed by atoms with Gasteiger partial charge in [0.05, 0.1) is 0 Å². The largest absolute Gasteiger partial charge is 0.342 e. The Morgan fingerprint density at radius 1 is 1.43 bits per heavy atom. The molecule has 0 aliphatic carbocycles. The number of piperidine rings is 1. The molecule has 2 N–H and O–H groups in total. The maximum Gasteiger partial charge on any atom is 0.228 e. The molecule has 0 radical (unpaired) electrons. The van der Waals surface area contributed by atoms with Gasteiger partial charge in [-0.1, -0.05) is 20.8 Å². The first-order chi connectivity index (χ1) is 10.0. The van der Waals surface area contributed by atoms with Gasteiger partial charge in [-0.15, -0.1) is 0 Å². The lowest BCUT2D eigenvalue weighted by Gasteiger charge is -2.32. The number of nitrogens with one attached hydrogen (secondary N) is 2. The first-order valence-electron chi connectivity index (χ1n) is 7.65. The van der Waals surface area contributed by atoms with E-state index in [1.54, 1.807) is 0 Å². The summed E-state index contributed by atoms with van der Waals surface area (Å²) in [6.45, 7) is 7.17. The quantitative estimate of drug-likeness (QED) is 0.888. The lowest BCUT2D eigenvalue weighted by atomic mass is 9.95. The molecule has 116 valence electrons. The minimum atomic E-state index is -0.0389. The number of hydrogen-bond acceptors (Lipinski definition) is 3. The third-order valence-corrected chi connectivity index (χ3v) is 3.93. The number of carbonyl (C=O) groups excluding carboxylic acids is 2. The molecule has 0 bridgehead atoms. The predicted molar refractivity (Wildman–Crippen MR) is 80.7 cm³/mol. The monoisotopic (exact) mass is 292 g/mol. The Bertz CT molecular complexity index is 502. The van der Waals surface area contributed by atoms with Crippen LogP contribution in [0.25, 0.3) is 0 Å². The van der Waals surface area contributed by atoms with E-state index in [9.17, 15) is 9.59 Å². The van der Waals surface area contributed by atoms with Gasteiger partial charge in [0.2, 0.25) is 11.8 Å². The Kier molecular flexibility index (Phi) is 4.98. The van der Waals surface area contributed by atoms with E-state index in [1.165, 1.54) is 0 Å². The van der Waals surface area contributed by atoms with Crippen LogP contribution < -0.4 is 5.32 Å². The molecule has 0 spiro atoms. The van der Waals surface area contributed by atoms with Gasteiger partial charge in [-0.05, 0) is 19.3 Å². The van der Waals surface area contributed by atoms with E-state index in [0.717, 1.165) is 25.0 Å². The highest BCUT2D eigenvalue weighted by atomic mass is 16.2. The Labute approximate surface area is 125 Å². The maximum atomic E-state index is 12.2. The van der Waals surface area contributed by atoms with Crippen LogP contribution in [0.4, 0.5) is 5.82 Å². The summed E-state index contributed by atoms with van der Waals surface area (Å²) < 4.78 is 0. The van der Waals surface area contributed by atoms with E-state index in [1.807, 2.05) is 31.7 Å². The SMILES string of the molecule is CCc1cc(NC(=O)C2CCN(C(=O)C(C)C)CC2)n[nH]1. The molecule has 2 heterocycles. The maximum absolute atomic E-state index is 12.2. The van der Waals surface area contributed by atoms with E-state index in [0.29, 0.717) is 18.9 Å². The van der Waals surface area contributed by atoms with Crippen molar-refractivity contribution in [2.45, 2.75) is 40.0 Å². The van der Waals surface area contributed by atoms with E-state index < -0.39 is 0 Å². The van der Waals surface area contributed by atoms with E-state index in [2.05, 4.69) is 15.5 Å². The number of likely N-dealkylation sites (tertiary alicyclic amines) is 1. The van der Waals surface area contributed by atoms with Crippen molar-refractivity contribution < 1.29 is 9.59 Å². The summed E-state index contributed by atoms with van der Waals surface area (Å²) in [7, 11) is 0. The summed E-state index contributed by atoms with van der Waals surface area (Å²) in [5.41, 5.74) is 1.00. The summed E-state index contributed by atoms with van der Waals surface area (Å²) in [6.07, 6.45) is 2.29. The molecule has 1 aliphatic rings. The summed E-state index contributed by atoms with van der Waals surface area (Å²) in [4.78, 5) is 26.0. The highest BCUT2D eigenvalue weighted by Gasteiger charge is 2.28. The molecule has 0 aromatic carbocycles. The zero-order valence-corrected chi connectivity index (χ0v) is 13.0. The van der Waals surface area contributed by atoms with E-state index >= 15 is 0 Å². The Balaban J connectivity index is 1.84. The number of H-pyrrole nitrogens is 1. The molecule has 6 nitrogen and oxygen atoms in total. The Morgan fingerprint density at radius 3 is 2.62 bits per heavy atom.